The van der Waals surface area contributed by atoms with Gasteiger partial charge < -0.3 is 5.32 Å². The van der Waals surface area contributed by atoms with Crippen molar-refractivity contribution in [1.82, 2.24) is 5.32 Å². The molecule has 2 aromatic rings. The number of hydrogen-bond donors (Lipinski definition) is 1. The van der Waals surface area contributed by atoms with Crippen molar-refractivity contribution in [3.8, 4) is 0 Å². The summed E-state index contributed by atoms with van der Waals surface area (Å²) in [5, 5.41) is 3.75. The Hall–Kier alpha value is -1.60. The van der Waals surface area contributed by atoms with Gasteiger partial charge in [0.2, 0.25) is 0 Å². The highest BCUT2D eigenvalue weighted by atomic mass is 14.9. The summed E-state index contributed by atoms with van der Waals surface area (Å²) in [6.45, 7) is 1.14. The standard InChI is InChI=1S/C20H23N/c1-3-7-15(8-4-1)18-13-19(18)20(14-21-17-11-12-17)16-9-5-2-6-10-16/h1-10,17-21H,11-14H2. The van der Waals surface area contributed by atoms with Gasteiger partial charge in [-0.1, -0.05) is 60.7 Å². The Morgan fingerprint density at radius 3 is 2.24 bits per heavy atom. The van der Waals surface area contributed by atoms with Gasteiger partial charge in [-0.15, -0.1) is 0 Å². The third-order valence-corrected chi connectivity index (χ3v) is 5.02. The SMILES string of the molecule is c1ccc(C(CNC2CC2)C2CC2c2ccccc2)cc1. The highest BCUT2D eigenvalue weighted by Gasteiger charge is 2.44. The molecular weight excluding hydrogens is 254 g/mol. The van der Waals surface area contributed by atoms with Gasteiger partial charge >= 0.3 is 0 Å². The van der Waals surface area contributed by atoms with Crippen molar-refractivity contribution in [2.75, 3.05) is 6.54 Å². The lowest BCUT2D eigenvalue weighted by molar-refractivity contribution is 0.524. The molecule has 0 aromatic heterocycles. The van der Waals surface area contributed by atoms with E-state index in [4.69, 9.17) is 0 Å². The fraction of sp³-hybridized carbons (Fsp3) is 0.400. The highest BCUT2D eigenvalue weighted by molar-refractivity contribution is 5.31. The Kier molecular flexibility index (Phi) is 3.52. The quantitative estimate of drug-likeness (QED) is 0.829. The van der Waals surface area contributed by atoms with Crippen molar-refractivity contribution in [1.29, 1.82) is 0 Å². The van der Waals surface area contributed by atoms with E-state index in [1.807, 2.05) is 0 Å². The van der Waals surface area contributed by atoms with Crippen LogP contribution in [0.1, 0.15) is 42.2 Å². The predicted octanol–water partition coefficient (Wildman–Crippen LogP) is 4.33. The van der Waals surface area contributed by atoms with Crippen molar-refractivity contribution in [3.05, 3.63) is 71.8 Å². The minimum atomic E-state index is 0.664. The van der Waals surface area contributed by atoms with Gasteiger partial charge in [0.05, 0.1) is 0 Å². The van der Waals surface area contributed by atoms with E-state index in [-0.39, 0.29) is 0 Å². The maximum Gasteiger partial charge on any atom is 0.00684 e. The lowest BCUT2D eigenvalue weighted by Gasteiger charge is -2.18. The molecule has 1 nitrogen and oxygen atoms in total. The van der Waals surface area contributed by atoms with Crippen LogP contribution in [0, 0.1) is 5.92 Å². The summed E-state index contributed by atoms with van der Waals surface area (Å²) >= 11 is 0. The molecule has 0 bridgehead atoms. The van der Waals surface area contributed by atoms with E-state index in [2.05, 4.69) is 66.0 Å². The lowest BCUT2D eigenvalue weighted by Crippen LogP contribution is -2.25. The van der Waals surface area contributed by atoms with Crippen molar-refractivity contribution in [2.45, 2.75) is 37.1 Å². The molecule has 1 N–H and O–H groups in total. The molecule has 21 heavy (non-hydrogen) atoms. The van der Waals surface area contributed by atoms with E-state index in [1.54, 1.807) is 0 Å². The van der Waals surface area contributed by atoms with E-state index in [1.165, 1.54) is 30.4 Å². The van der Waals surface area contributed by atoms with Crippen LogP contribution < -0.4 is 5.32 Å². The number of benzene rings is 2. The first-order valence-electron chi connectivity index (χ1n) is 8.25. The summed E-state index contributed by atoms with van der Waals surface area (Å²) in [5.41, 5.74) is 3.03. The Bertz CT molecular complexity index is 573. The average Bonchev–Trinajstić information content (AvgIpc) is 3.45. The summed E-state index contributed by atoms with van der Waals surface area (Å²) in [6.07, 6.45) is 4.08. The Balaban J connectivity index is 1.50. The molecule has 0 heterocycles. The van der Waals surface area contributed by atoms with Crippen LogP contribution in [0.3, 0.4) is 0 Å². The predicted molar refractivity (Wildman–Crippen MR) is 87.5 cm³/mol. The fourth-order valence-electron chi connectivity index (χ4n) is 3.54. The number of rotatable bonds is 6. The summed E-state index contributed by atoms with van der Waals surface area (Å²) in [5.74, 6) is 2.23. The third kappa shape index (κ3) is 3.03. The first kappa shape index (κ1) is 13.1. The van der Waals surface area contributed by atoms with Gasteiger partial charge in [-0.2, -0.15) is 0 Å². The Morgan fingerprint density at radius 1 is 0.905 bits per heavy atom. The van der Waals surface area contributed by atoms with Crippen LogP contribution in [0.15, 0.2) is 60.7 Å². The molecular formula is C20H23N. The summed E-state index contributed by atoms with van der Waals surface area (Å²) in [7, 11) is 0. The molecule has 2 aromatic carbocycles. The van der Waals surface area contributed by atoms with Crippen molar-refractivity contribution in [2.24, 2.45) is 5.92 Å². The molecule has 3 atom stereocenters. The summed E-state index contributed by atoms with van der Waals surface area (Å²) in [6, 6.07) is 22.9. The second kappa shape index (κ2) is 5.65. The molecule has 2 saturated carbocycles. The van der Waals surface area contributed by atoms with Crippen LogP contribution in [0.4, 0.5) is 0 Å². The van der Waals surface area contributed by atoms with E-state index < -0.39 is 0 Å². The van der Waals surface area contributed by atoms with Crippen LogP contribution in [0.25, 0.3) is 0 Å². The zero-order chi connectivity index (χ0) is 14.1. The minimum absolute atomic E-state index is 0.664. The van der Waals surface area contributed by atoms with Crippen LogP contribution in [-0.2, 0) is 0 Å². The van der Waals surface area contributed by atoms with Crippen LogP contribution in [0.2, 0.25) is 0 Å². The van der Waals surface area contributed by atoms with Gasteiger partial charge in [0, 0.05) is 12.6 Å². The number of nitrogens with one attached hydrogen (secondary N) is 1. The van der Waals surface area contributed by atoms with Crippen LogP contribution in [0.5, 0.6) is 0 Å². The average molecular weight is 277 g/mol. The molecule has 2 aliphatic carbocycles. The second-order valence-corrected chi connectivity index (χ2v) is 6.62. The molecule has 3 unspecified atom stereocenters. The van der Waals surface area contributed by atoms with Crippen molar-refractivity contribution >= 4 is 0 Å². The third-order valence-electron chi connectivity index (χ3n) is 5.02. The molecule has 0 saturated heterocycles. The Labute approximate surface area is 127 Å². The van der Waals surface area contributed by atoms with Crippen molar-refractivity contribution < 1.29 is 0 Å². The Morgan fingerprint density at radius 2 is 1.57 bits per heavy atom. The molecule has 0 aliphatic heterocycles. The van der Waals surface area contributed by atoms with E-state index in [0.717, 1.165) is 24.4 Å². The largest absolute Gasteiger partial charge is 0.313 e. The van der Waals surface area contributed by atoms with Gasteiger partial charge in [0.15, 0.2) is 0 Å². The van der Waals surface area contributed by atoms with E-state index >= 15 is 0 Å². The van der Waals surface area contributed by atoms with E-state index in [0.29, 0.717) is 5.92 Å². The number of hydrogen-bond acceptors (Lipinski definition) is 1. The minimum Gasteiger partial charge on any atom is -0.313 e. The van der Waals surface area contributed by atoms with Crippen LogP contribution >= 0.6 is 0 Å². The molecule has 4 rings (SSSR count). The molecule has 0 amide bonds. The molecule has 2 fully saturated rings. The molecule has 0 radical (unpaired) electrons. The van der Waals surface area contributed by atoms with E-state index in [9.17, 15) is 0 Å². The summed E-state index contributed by atoms with van der Waals surface area (Å²) in [4.78, 5) is 0. The first-order valence-corrected chi connectivity index (χ1v) is 8.25. The first-order chi connectivity index (χ1) is 10.4. The van der Waals surface area contributed by atoms with Gasteiger partial charge in [-0.25, -0.2) is 0 Å². The molecule has 2 aliphatic rings. The van der Waals surface area contributed by atoms with Gasteiger partial charge in [-0.3, -0.25) is 0 Å². The maximum absolute atomic E-state index is 3.75. The molecule has 0 spiro atoms. The topological polar surface area (TPSA) is 12.0 Å². The van der Waals surface area contributed by atoms with Crippen molar-refractivity contribution in [3.63, 3.8) is 0 Å². The summed E-state index contributed by atoms with van der Waals surface area (Å²) < 4.78 is 0. The van der Waals surface area contributed by atoms with Crippen LogP contribution in [-0.4, -0.2) is 12.6 Å². The normalized spacial score (nSPS) is 25.5. The molecule has 108 valence electrons. The molecule has 1 heteroatoms. The zero-order valence-electron chi connectivity index (χ0n) is 12.4. The lowest BCUT2D eigenvalue weighted by atomic mass is 9.91. The van der Waals surface area contributed by atoms with Gasteiger partial charge in [0.25, 0.3) is 0 Å². The monoisotopic (exact) mass is 277 g/mol. The highest BCUT2D eigenvalue weighted by Crippen LogP contribution is 2.54. The fourth-order valence-corrected chi connectivity index (χ4v) is 3.54. The van der Waals surface area contributed by atoms with Gasteiger partial charge in [0.1, 0.15) is 0 Å². The maximum atomic E-state index is 3.75. The smallest absolute Gasteiger partial charge is 0.00684 e. The zero-order valence-corrected chi connectivity index (χ0v) is 12.4. The van der Waals surface area contributed by atoms with Gasteiger partial charge in [-0.05, 0) is 48.1 Å². The second-order valence-electron chi connectivity index (χ2n) is 6.62.